The Morgan fingerprint density at radius 2 is 1.67 bits per heavy atom. The van der Waals surface area contributed by atoms with E-state index in [0.717, 1.165) is 36.5 Å². The Labute approximate surface area is 180 Å². The first-order valence-electron chi connectivity index (χ1n) is 10.6. The van der Waals surface area contributed by atoms with Gasteiger partial charge in [-0.2, -0.15) is 0 Å². The van der Waals surface area contributed by atoms with Gasteiger partial charge >= 0.3 is 0 Å². The Hall–Kier alpha value is -2.88. The molecule has 0 unspecified atom stereocenters. The molecule has 3 nitrogen and oxygen atoms in total. The predicted molar refractivity (Wildman–Crippen MR) is 127 cm³/mol. The zero-order chi connectivity index (χ0) is 22.1. The molecule has 0 atom stereocenters. The molecule has 0 spiro atoms. The molecule has 0 radical (unpaired) electrons. The Balaban J connectivity index is 0.00000155. The maximum atomic E-state index is 13.3. The van der Waals surface area contributed by atoms with Gasteiger partial charge in [-0.05, 0) is 65.3 Å². The third kappa shape index (κ3) is 7.18. The molecule has 160 valence electrons. The van der Waals surface area contributed by atoms with Crippen molar-refractivity contribution in [3.05, 3.63) is 89.5 Å². The highest BCUT2D eigenvalue weighted by Crippen LogP contribution is 2.27. The number of aliphatic imine (C=N–C) groups is 1. The Bertz CT molecular complexity index is 903. The number of aryl methyl sites for hydroxylation is 2. The second-order valence-electron chi connectivity index (χ2n) is 8.18. The van der Waals surface area contributed by atoms with Crippen LogP contribution in [0.25, 0.3) is 0 Å². The van der Waals surface area contributed by atoms with Crippen molar-refractivity contribution in [3.8, 4) is 0 Å². The largest absolute Gasteiger partial charge is 0.342 e. The summed E-state index contributed by atoms with van der Waals surface area (Å²) in [5, 5.41) is 6.49. The van der Waals surface area contributed by atoms with Crippen molar-refractivity contribution in [2.75, 3.05) is 11.9 Å². The molecule has 3 rings (SSSR count). The van der Waals surface area contributed by atoms with Crippen LogP contribution in [-0.4, -0.2) is 12.4 Å². The summed E-state index contributed by atoms with van der Waals surface area (Å²) in [5.74, 6) is 1.35. The maximum Gasteiger partial charge on any atom is 0.126 e. The number of nitrogens with one attached hydrogen (secondary N) is 2. The van der Waals surface area contributed by atoms with E-state index in [-0.39, 0.29) is 11.2 Å². The van der Waals surface area contributed by atoms with Crippen LogP contribution in [0.4, 0.5) is 10.1 Å². The van der Waals surface area contributed by atoms with Crippen molar-refractivity contribution < 1.29 is 4.39 Å². The second-order valence-corrected chi connectivity index (χ2v) is 8.18. The van der Waals surface area contributed by atoms with E-state index in [4.69, 9.17) is 0 Å². The van der Waals surface area contributed by atoms with Crippen molar-refractivity contribution in [1.29, 1.82) is 0 Å². The summed E-state index contributed by atoms with van der Waals surface area (Å²) in [6.07, 6.45) is 3.80. The summed E-state index contributed by atoms with van der Waals surface area (Å²) < 4.78 is 13.3. The number of hydrogen-bond acceptors (Lipinski definition) is 3. The van der Waals surface area contributed by atoms with Gasteiger partial charge in [0.15, 0.2) is 0 Å². The van der Waals surface area contributed by atoms with E-state index >= 15 is 0 Å². The van der Waals surface area contributed by atoms with Crippen molar-refractivity contribution in [2.45, 2.75) is 47.5 Å². The van der Waals surface area contributed by atoms with Crippen molar-refractivity contribution >= 4 is 11.5 Å². The van der Waals surface area contributed by atoms with Gasteiger partial charge in [0.25, 0.3) is 0 Å². The lowest BCUT2D eigenvalue weighted by Gasteiger charge is -2.18. The minimum atomic E-state index is -0.181. The molecule has 2 N–H and O–H groups in total. The highest BCUT2D eigenvalue weighted by atomic mass is 19.1. The number of hydrogen-bond donors (Lipinski definition) is 2. The summed E-state index contributed by atoms with van der Waals surface area (Å²) in [7, 11) is 0. The van der Waals surface area contributed by atoms with Gasteiger partial charge in [0.2, 0.25) is 0 Å². The van der Waals surface area contributed by atoms with Crippen LogP contribution in [0.15, 0.2) is 77.6 Å². The van der Waals surface area contributed by atoms with E-state index in [2.05, 4.69) is 61.2 Å². The van der Waals surface area contributed by atoms with Crippen LogP contribution in [0.1, 0.15) is 45.7 Å². The van der Waals surface area contributed by atoms with Crippen LogP contribution in [0, 0.1) is 11.2 Å². The number of halogens is 1. The number of benzene rings is 2. The number of amidine groups is 1. The third-order valence-electron chi connectivity index (χ3n) is 4.81. The van der Waals surface area contributed by atoms with Crippen molar-refractivity contribution in [3.63, 3.8) is 0 Å². The van der Waals surface area contributed by atoms with Gasteiger partial charge in [0.1, 0.15) is 17.5 Å². The normalized spacial score (nSPS) is 13.0. The average Bonchev–Trinajstić information content (AvgIpc) is 3.18. The minimum Gasteiger partial charge on any atom is -0.342 e. The van der Waals surface area contributed by atoms with Crippen LogP contribution < -0.4 is 10.6 Å². The number of anilines is 1. The zero-order valence-electron chi connectivity index (χ0n) is 18.8. The molecule has 0 fully saturated rings. The average molecular weight is 408 g/mol. The molecule has 1 heterocycles. The van der Waals surface area contributed by atoms with E-state index < -0.39 is 0 Å². The Morgan fingerprint density at radius 1 is 1.00 bits per heavy atom. The standard InChI is InChI=1S/C24H28FN3.C2H6/c1-17(28-23-15-20(16-26-23)24(2,3)4)27-22-12-10-18(11-13-22)8-9-19-6-5-7-21(25)14-19;1-2/h5-7,10-15,27H,1,8-9,16H2,2-4H3,(H,26,28);1-2H3. The summed E-state index contributed by atoms with van der Waals surface area (Å²) in [5.41, 5.74) is 4.63. The monoisotopic (exact) mass is 407 g/mol. The van der Waals surface area contributed by atoms with Crippen LogP contribution in [-0.2, 0) is 12.8 Å². The molecule has 2 aromatic carbocycles. The molecule has 0 amide bonds. The molecule has 0 aliphatic carbocycles. The maximum absolute atomic E-state index is 13.3. The number of nitrogens with zero attached hydrogens (tertiary/aromatic N) is 1. The minimum absolute atomic E-state index is 0.128. The van der Waals surface area contributed by atoms with E-state index in [1.807, 2.05) is 32.0 Å². The Kier molecular flexibility index (Phi) is 8.40. The third-order valence-corrected chi connectivity index (χ3v) is 4.81. The van der Waals surface area contributed by atoms with Crippen molar-refractivity contribution in [2.24, 2.45) is 10.4 Å². The van der Waals surface area contributed by atoms with E-state index in [9.17, 15) is 4.39 Å². The highest BCUT2D eigenvalue weighted by Gasteiger charge is 2.20. The van der Waals surface area contributed by atoms with Gasteiger partial charge in [-0.15, -0.1) is 0 Å². The van der Waals surface area contributed by atoms with Crippen molar-refractivity contribution in [1.82, 2.24) is 5.32 Å². The first kappa shape index (κ1) is 23.4. The zero-order valence-corrected chi connectivity index (χ0v) is 18.8. The Morgan fingerprint density at radius 3 is 2.27 bits per heavy atom. The molecule has 1 aliphatic heterocycles. The lowest BCUT2D eigenvalue weighted by molar-refractivity contribution is 0.499. The quantitative estimate of drug-likeness (QED) is 0.574. The first-order chi connectivity index (χ1) is 14.3. The fourth-order valence-electron chi connectivity index (χ4n) is 3.05. The molecule has 4 heteroatoms. The van der Waals surface area contributed by atoms with Gasteiger partial charge in [0, 0.05) is 5.69 Å². The summed E-state index contributed by atoms with van der Waals surface area (Å²) in [4.78, 5) is 4.52. The van der Waals surface area contributed by atoms with E-state index in [0.29, 0.717) is 5.82 Å². The molecule has 0 saturated carbocycles. The SMILES string of the molecule is C=C(NC1=NCC(C(C)(C)C)=C1)Nc1ccc(CCc2cccc(F)c2)cc1.CC. The molecule has 1 aliphatic rings. The van der Waals surface area contributed by atoms with Gasteiger partial charge < -0.3 is 10.6 Å². The molecular weight excluding hydrogens is 373 g/mol. The predicted octanol–water partition coefficient (Wildman–Crippen LogP) is 6.49. The second kappa shape index (κ2) is 10.8. The van der Waals surface area contributed by atoms with Gasteiger partial charge in [0.05, 0.1) is 6.54 Å². The van der Waals surface area contributed by atoms with Gasteiger partial charge in [-0.25, -0.2) is 4.39 Å². The fourth-order valence-corrected chi connectivity index (χ4v) is 3.05. The summed E-state index contributed by atoms with van der Waals surface area (Å²) in [6, 6.07) is 15.0. The van der Waals surface area contributed by atoms with Gasteiger partial charge in [-0.1, -0.05) is 65.5 Å². The first-order valence-corrected chi connectivity index (χ1v) is 10.6. The fraction of sp³-hybridized carbons (Fsp3) is 0.346. The molecule has 0 saturated heterocycles. The summed E-state index contributed by atoms with van der Waals surface area (Å²) >= 11 is 0. The molecule has 30 heavy (non-hydrogen) atoms. The van der Waals surface area contributed by atoms with Gasteiger partial charge in [-0.3, -0.25) is 4.99 Å². The van der Waals surface area contributed by atoms with Crippen LogP contribution in [0.3, 0.4) is 0 Å². The smallest absolute Gasteiger partial charge is 0.126 e. The highest BCUT2D eigenvalue weighted by molar-refractivity contribution is 5.97. The molecule has 0 bridgehead atoms. The number of rotatable bonds is 6. The van der Waals surface area contributed by atoms with E-state index in [1.54, 1.807) is 12.1 Å². The molecule has 2 aromatic rings. The molecular formula is C26H34FN3. The van der Waals surface area contributed by atoms with Crippen LogP contribution >= 0.6 is 0 Å². The van der Waals surface area contributed by atoms with E-state index in [1.165, 1.54) is 17.2 Å². The summed E-state index contributed by atoms with van der Waals surface area (Å²) in [6.45, 7) is 15.4. The lowest BCUT2D eigenvalue weighted by atomic mass is 9.87. The van der Waals surface area contributed by atoms with Crippen LogP contribution in [0.5, 0.6) is 0 Å². The van der Waals surface area contributed by atoms with Crippen LogP contribution in [0.2, 0.25) is 0 Å². The topological polar surface area (TPSA) is 36.4 Å². The molecule has 0 aromatic heterocycles. The lowest BCUT2D eigenvalue weighted by Crippen LogP contribution is -2.24.